The number of sulfonamides is 1. The van der Waals surface area contributed by atoms with Crippen LogP contribution in [-0.4, -0.2) is 45.1 Å². The summed E-state index contributed by atoms with van der Waals surface area (Å²) in [7, 11) is -1.58. The number of piperidine rings is 1. The minimum Gasteiger partial charge on any atom is -0.507 e. The van der Waals surface area contributed by atoms with Gasteiger partial charge in [-0.2, -0.15) is 0 Å². The van der Waals surface area contributed by atoms with Gasteiger partial charge in [-0.25, -0.2) is 13.1 Å². The van der Waals surface area contributed by atoms with E-state index in [1.807, 2.05) is 0 Å². The van der Waals surface area contributed by atoms with Crippen LogP contribution in [0, 0.1) is 5.41 Å². The van der Waals surface area contributed by atoms with Crippen LogP contribution in [-0.2, 0) is 10.0 Å². The van der Waals surface area contributed by atoms with Crippen LogP contribution in [0.1, 0.15) is 19.8 Å². The van der Waals surface area contributed by atoms with Gasteiger partial charge in [0.05, 0.1) is 0 Å². The van der Waals surface area contributed by atoms with Gasteiger partial charge in [-0.05, 0) is 50.5 Å². The van der Waals surface area contributed by atoms with E-state index < -0.39 is 10.0 Å². The van der Waals surface area contributed by atoms with Crippen molar-refractivity contribution in [2.45, 2.75) is 24.7 Å². The van der Waals surface area contributed by atoms with E-state index in [1.54, 1.807) is 12.1 Å². The highest BCUT2D eigenvalue weighted by molar-refractivity contribution is 7.89. The van der Waals surface area contributed by atoms with Gasteiger partial charge in [-0.1, -0.05) is 19.1 Å². The summed E-state index contributed by atoms with van der Waals surface area (Å²) in [5, 5.41) is 9.66. The van der Waals surface area contributed by atoms with Crippen LogP contribution < -0.4 is 4.72 Å². The molecule has 112 valence electrons. The summed E-state index contributed by atoms with van der Waals surface area (Å²) in [6, 6.07) is 6.00. The molecular formula is C14H22N2O3S. The molecule has 0 atom stereocenters. The highest BCUT2D eigenvalue weighted by Crippen LogP contribution is 2.30. The van der Waals surface area contributed by atoms with Crippen molar-refractivity contribution in [3.8, 4) is 5.75 Å². The topological polar surface area (TPSA) is 69.6 Å². The van der Waals surface area contributed by atoms with Crippen LogP contribution in [0.4, 0.5) is 0 Å². The Morgan fingerprint density at radius 1 is 1.30 bits per heavy atom. The van der Waals surface area contributed by atoms with Crippen molar-refractivity contribution in [3.05, 3.63) is 24.3 Å². The number of phenols is 1. The van der Waals surface area contributed by atoms with Gasteiger partial charge < -0.3 is 10.0 Å². The zero-order chi connectivity index (χ0) is 14.8. The number of hydrogen-bond acceptors (Lipinski definition) is 4. The van der Waals surface area contributed by atoms with Crippen LogP contribution in [0.3, 0.4) is 0 Å². The molecule has 2 rings (SSSR count). The molecule has 6 heteroatoms. The Balaban J connectivity index is 2.05. The lowest BCUT2D eigenvalue weighted by molar-refractivity contribution is 0.143. The number of hydrogen-bond donors (Lipinski definition) is 2. The van der Waals surface area contributed by atoms with Gasteiger partial charge in [0.25, 0.3) is 0 Å². The molecule has 1 aliphatic heterocycles. The number of para-hydroxylation sites is 1. The molecule has 1 aromatic carbocycles. The lowest BCUT2D eigenvalue weighted by Gasteiger charge is -2.37. The summed E-state index contributed by atoms with van der Waals surface area (Å²) >= 11 is 0. The minimum absolute atomic E-state index is 0.0238. The summed E-state index contributed by atoms with van der Waals surface area (Å²) in [6.45, 7) is 4.47. The second kappa shape index (κ2) is 5.71. The minimum atomic E-state index is -3.66. The molecule has 0 unspecified atom stereocenters. The molecule has 0 amide bonds. The maximum absolute atomic E-state index is 12.2. The molecule has 1 heterocycles. The fraction of sp³-hybridized carbons (Fsp3) is 0.571. The predicted molar refractivity (Wildman–Crippen MR) is 78.1 cm³/mol. The van der Waals surface area contributed by atoms with Gasteiger partial charge in [0.1, 0.15) is 10.6 Å². The zero-order valence-electron chi connectivity index (χ0n) is 12.0. The summed E-state index contributed by atoms with van der Waals surface area (Å²) in [4.78, 5) is 2.19. The van der Waals surface area contributed by atoms with Crippen molar-refractivity contribution < 1.29 is 13.5 Å². The Labute approximate surface area is 120 Å². The van der Waals surface area contributed by atoms with E-state index in [1.165, 1.54) is 12.1 Å². The molecule has 0 spiro atoms. The fourth-order valence-electron chi connectivity index (χ4n) is 2.37. The molecule has 20 heavy (non-hydrogen) atoms. The van der Waals surface area contributed by atoms with E-state index in [4.69, 9.17) is 0 Å². The number of aromatic hydroxyl groups is 1. The average molecular weight is 298 g/mol. The molecule has 0 bridgehead atoms. The Hall–Kier alpha value is -1.11. The Kier molecular flexibility index (Phi) is 4.36. The van der Waals surface area contributed by atoms with Gasteiger partial charge in [0, 0.05) is 6.54 Å². The van der Waals surface area contributed by atoms with Gasteiger partial charge >= 0.3 is 0 Å². The van der Waals surface area contributed by atoms with Crippen molar-refractivity contribution in [1.29, 1.82) is 0 Å². The van der Waals surface area contributed by atoms with Crippen molar-refractivity contribution in [2.24, 2.45) is 5.41 Å². The van der Waals surface area contributed by atoms with Crippen LogP contribution in [0.15, 0.2) is 29.2 Å². The summed E-state index contributed by atoms with van der Waals surface area (Å²) < 4.78 is 27.1. The van der Waals surface area contributed by atoms with E-state index in [9.17, 15) is 13.5 Å². The van der Waals surface area contributed by atoms with Gasteiger partial charge in [0.2, 0.25) is 10.0 Å². The molecule has 2 N–H and O–H groups in total. The van der Waals surface area contributed by atoms with Crippen LogP contribution in [0.2, 0.25) is 0 Å². The number of phenolic OH excluding ortho intramolecular Hbond substituents is 1. The first-order valence-electron chi connectivity index (χ1n) is 6.79. The van der Waals surface area contributed by atoms with Crippen molar-refractivity contribution in [3.63, 3.8) is 0 Å². The number of nitrogens with zero attached hydrogens (tertiary/aromatic N) is 1. The van der Waals surface area contributed by atoms with E-state index in [0.717, 1.165) is 25.9 Å². The largest absolute Gasteiger partial charge is 0.507 e. The zero-order valence-corrected chi connectivity index (χ0v) is 12.8. The SMILES string of the molecule is CN1CCC(C)(CNS(=O)(=O)c2ccccc2O)CC1. The molecule has 5 nitrogen and oxygen atoms in total. The van der Waals surface area contributed by atoms with Crippen LogP contribution in [0.5, 0.6) is 5.75 Å². The van der Waals surface area contributed by atoms with Gasteiger partial charge in [-0.15, -0.1) is 0 Å². The number of benzene rings is 1. The normalized spacial score (nSPS) is 19.9. The average Bonchev–Trinajstić information content (AvgIpc) is 2.41. The number of rotatable bonds is 4. The molecule has 1 fully saturated rings. The molecule has 1 aliphatic rings. The second-order valence-corrected chi connectivity index (χ2v) is 7.64. The molecular weight excluding hydrogens is 276 g/mol. The highest BCUT2D eigenvalue weighted by Gasteiger charge is 2.30. The van der Waals surface area contributed by atoms with Crippen molar-refractivity contribution in [1.82, 2.24) is 9.62 Å². The first-order valence-corrected chi connectivity index (χ1v) is 8.27. The van der Waals surface area contributed by atoms with Gasteiger partial charge in [-0.3, -0.25) is 0 Å². The molecule has 0 aromatic heterocycles. The summed E-state index contributed by atoms with van der Waals surface area (Å²) in [5.74, 6) is -0.214. The van der Waals surface area contributed by atoms with E-state index in [2.05, 4.69) is 23.6 Å². The molecule has 0 aliphatic carbocycles. The monoisotopic (exact) mass is 298 g/mol. The standard InChI is InChI=1S/C14H22N2O3S/c1-14(7-9-16(2)10-8-14)11-15-20(18,19)13-6-4-3-5-12(13)17/h3-6,15,17H,7-11H2,1-2H3. The maximum atomic E-state index is 12.2. The number of likely N-dealkylation sites (tertiary alicyclic amines) is 1. The van der Waals surface area contributed by atoms with Crippen LogP contribution in [0.25, 0.3) is 0 Å². The summed E-state index contributed by atoms with van der Waals surface area (Å²) in [5.41, 5.74) is -0.0238. The first kappa shape index (κ1) is 15.3. The van der Waals surface area contributed by atoms with Crippen molar-refractivity contribution >= 4 is 10.0 Å². The van der Waals surface area contributed by atoms with Crippen molar-refractivity contribution in [2.75, 3.05) is 26.7 Å². The lowest BCUT2D eigenvalue weighted by Crippen LogP contribution is -2.43. The smallest absolute Gasteiger partial charge is 0.244 e. The second-order valence-electron chi connectivity index (χ2n) is 5.91. The third-order valence-electron chi connectivity index (χ3n) is 4.04. The molecule has 0 saturated carbocycles. The van der Waals surface area contributed by atoms with Gasteiger partial charge in [0.15, 0.2) is 0 Å². The summed E-state index contributed by atoms with van der Waals surface area (Å²) in [6.07, 6.45) is 1.93. The predicted octanol–water partition coefficient (Wildman–Crippen LogP) is 1.40. The van der Waals surface area contributed by atoms with E-state index in [-0.39, 0.29) is 16.1 Å². The molecule has 1 saturated heterocycles. The third-order valence-corrected chi connectivity index (χ3v) is 5.49. The Morgan fingerprint density at radius 3 is 2.50 bits per heavy atom. The van der Waals surface area contributed by atoms with Crippen LogP contribution >= 0.6 is 0 Å². The quantitative estimate of drug-likeness (QED) is 0.881. The Morgan fingerprint density at radius 2 is 1.90 bits per heavy atom. The fourth-order valence-corrected chi connectivity index (χ4v) is 3.66. The van der Waals surface area contributed by atoms with E-state index >= 15 is 0 Å². The first-order chi connectivity index (χ1) is 9.32. The Bertz CT molecular complexity index is 564. The molecule has 0 radical (unpaired) electrons. The lowest BCUT2D eigenvalue weighted by atomic mass is 9.81. The highest BCUT2D eigenvalue weighted by atomic mass is 32.2. The maximum Gasteiger partial charge on any atom is 0.244 e. The molecule has 1 aromatic rings. The number of nitrogens with one attached hydrogen (secondary N) is 1. The third kappa shape index (κ3) is 3.50. The van der Waals surface area contributed by atoms with E-state index in [0.29, 0.717) is 6.54 Å².